The molecule has 0 aliphatic carbocycles. The van der Waals surface area contributed by atoms with E-state index in [2.05, 4.69) is 12.1 Å². The summed E-state index contributed by atoms with van der Waals surface area (Å²) in [4.78, 5) is 10.5. The second-order valence-electron chi connectivity index (χ2n) is 3.53. The van der Waals surface area contributed by atoms with Crippen LogP contribution in [0.25, 0.3) is 0 Å². The first-order valence-corrected chi connectivity index (χ1v) is 6.33. The van der Waals surface area contributed by atoms with Gasteiger partial charge in [-0.1, -0.05) is 30.3 Å². The van der Waals surface area contributed by atoms with Gasteiger partial charge in [0.15, 0.2) is 0 Å². The van der Waals surface area contributed by atoms with Crippen molar-refractivity contribution in [1.82, 2.24) is 0 Å². The lowest BCUT2D eigenvalue weighted by Crippen LogP contribution is -2.21. The fourth-order valence-corrected chi connectivity index (χ4v) is 2.30. The summed E-state index contributed by atoms with van der Waals surface area (Å²) >= 11 is 1.68. The Kier molecular flexibility index (Phi) is 3.88. The summed E-state index contributed by atoms with van der Waals surface area (Å²) in [6.07, 6.45) is 0. The van der Waals surface area contributed by atoms with Crippen LogP contribution < -0.4 is 5.11 Å². The van der Waals surface area contributed by atoms with Gasteiger partial charge < -0.3 is 14.3 Å². The highest BCUT2D eigenvalue weighted by Gasteiger charge is 2.02. The molecule has 0 saturated heterocycles. The van der Waals surface area contributed by atoms with Gasteiger partial charge in [-0.25, -0.2) is 0 Å². The number of benzene rings is 1. The van der Waals surface area contributed by atoms with Crippen LogP contribution in [0.2, 0.25) is 0 Å². The van der Waals surface area contributed by atoms with Gasteiger partial charge in [-0.2, -0.15) is 0 Å². The van der Waals surface area contributed by atoms with Crippen LogP contribution in [0.4, 0.5) is 0 Å². The summed E-state index contributed by atoms with van der Waals surface area (Å²) in [6.45, 7) is 0. The van der Waals surface area contributed by atoms with E-state index >= 15 is 0 Å². The zero-order chi connectivity index (χ0) is 12.1. The van der Waals surface area contributed by atoms with Crippen molar-refractivity contribution in [1.29, 1.82) is 0 Å². The summed E-state index contributed by atoms with van der Waals surface area (Å²) in [6, 6.07) is 13.2. The number of hydrogen-bond acceptors (Lipinski definition) is 4. The number of rotatable bonds is 5. The molecule has 0 unspecified atom stereocenters. The number of carbonyl (C=O) groups excluding carboxylic acids is 1. The molecule has 0 N–H and O–H groups in total. The molecule has 1 heterocycles. The average Bonchev–Trinajstić information content (AvgIpc) is 2.79. The van der Waals surface area contributed by atoms with Crippen molar-refractivity contribution in [2.75, 3.05) is 0 Å². The highest BCUT2D eigenvalue weighted by molar-refractivity contribution is 7.97. The molecule has 3 nitrogen and oxygen atoms in total. The summed E-state index contributed by atoms with van der Waals surface area (Å²) in [5.41, 5.74) is 1.24. The molecule has 88 valence electrons. The van der Waals surface area contributed by atoms with Crippen molar-refractivity contribution in [3.63, 3.8) is 0 Å². The van der Waals surface area contributed by atoms with Gasteiger partial charge in [0.25, 0.3) is 0 Å². The quantitative estimate of drug-likeness (QED) is 0.811. The van der Waals surface area contributed by atoms with E-state index in [9.17, 15) is 9.90 Å². The minimum absolute atomic E-state index is 0.111. The minimum atomic E-state index is -1.27. The highest BCUT2D eigenvalue weighted by atomic mass is 32.2. The van der Waals surface area contributed by atoms with Crippen molar-refractivity contribution in [3.05, 3.63) is 59.5 Å². The molecule has 2 aromatic rings. The molecule has 0 saturated carbocycles. The number of carbonyl (C=O) groups is 1. The first kappa shape index (κ1) is 11.8. The summed E-state index contributed by atoms with van der Waals surface area (Å²) in [5, 5.41) is 10.5. The van der Waals surface area contributed by atoms with Crippen molar-refractivity contribution in [3.8, 4) is 0 Å². The third kappa shape index (κ3) is 3.39. The first-order valence-electron chi connectivity index (χ1n) is 5.17. The lowest BCUT2D eigenvalue weighted by atomic mass is 10.2. The molecule has 0 aliphatic rings. The minimum Gasteiger partial charge on any atom is -0.542 e. The third-order valence-electron chi connectivity index (χ3n) is 2.22. The molecule has 0 atom stereocenters. The molecule has 2 rings (SSSR count). The fourth-order valence-electron chi connectivity index (χ4n) is 1.41. The van der Waals surface area contributed by atoms with E-state index in [1.165, 1.54) is 11.6 Å². The van der Waals surface area contributed by atoms with E-state index in [0.29, 0.717) is 11.5 Å². The Morgan fingerprint density at radius 1 is 1.12 bits per heavy atom. The third-order valence-corrected chi connectivity index (χ3v) is 3.24. The summed E-state index contributed by atoms with van der Waals surface area (Å²) in [7, 11) is 0. The smallest absolute Gasteiger partial charge is 0.149 e. The molecule has 0 amide bonds. The zero-order valence-corrected chi connectivity index (χ0v) is 9.91. The molecule has 0 bridgehead atoms. The Hall–Kier alpha value is -1.68. The molecule has 4 heteroatoms. The van der Waals surface area contributed by atoms with Crippen LogP contribution in [-0.2, 0) is 11.5 Å². The normalized spacial score (nSPS) is 10.4. The summed E-state index contributed by atoms with van der Waals surface area (Å²) in [5.74, 6) is 0.805. The van der Waals surface area contributed by atoms with Gasteiger partial charge in [0.1, 0.15) is 17.5 Å². The lowest BCUT2D eigenvalue weighted by molar-refractivity contribution is -0.257. The lowest BCUT2D eigenvalue weighted by Gasteiger charge is -2.00. The van der Waals surface area contributed by atoms with E-state index in [4.69, 9.17) is 4.42 Å². The standard InChI is InChI=1S/C13H12O3S/c14-13(15)12-7-6-11(16-12)9-17-8-10-4-2-1-3-5-10/h1-7H,8-9H2,(H,14,15)/p-1. The van der Waals surface area contributed by atoms with E-state index in [1.54, 1.807) is 17.8 Å². The van der Waals surface area contributed by atoms with Gasteiger partial charge in [-0.15, -0.1) is 11.8 Å². The van der Waals surface area contributed by atoms with Gasteiger partial charge in [0.05, 0.1) is 5.75 Å². The van der Waals surface area contributed by atoms with Gasteiger partial charge in [0.2, 0.25) is 0 Å². The van der Waals surface area contributed by atoms with Crippen LogP contribution in [-0.4, -0.2) is 5.97 Å². The maximum atomic E-state index is 10.5. The van der Waals surface area contributed by atoms with Crippen LogP contribution in [0.5, 0.6) is 0 Å². The number of furan rings is 1. The predicted molar refractivity (Wildman–Crippen MR) is 64.5 cm³/mol. The molecule has 0 aliphatic heterocycles. The zero-order valence-electron chi connectivity index (χ0n) is 9.09. The van der Waals surface area contributed by atoms with Crippen molar-refractivity contribution >= 4 is 17.7 Å². The topological polar surface area (TPSA) is 53.3 Å². The first-order chi connectivity index (χ1) is 8.25. The number of carboxylic acid groups (broad SMARTS) is 1. The van der Waals surface area contributed by atoms with Crippen molar-refractivity contribution in [2.24, 2.45) is 0 Å². The fraction of sp³-hybridized carbons (Fsp3) is 0.154. The number of thioether (sulfide) groups is 1. The molecule has 0 radical (unpaired) electrons. The highest BCUT2D eigenvalue weighted by Crippen LogP contribution is 2.19. The van der Waals surface area contributed by atoms with Gasteiger partial charge in [-0.05, 0) is 17.7 Å². The Balaban J connectivity index is 1.84. The maximum Gasteiger partial charge on any atom is 0.149 e. The van der Waals surface area contributed by atoms with Gasteiger partial charge in [0, 0.05) is 5.75 Å². The second-order valence-corrected chi connectivity index (χ2v) is 4.52. The van der Waals surface area contributed by atoms with E-state index in [-0.39, 0.29) is 5.76 Å². The molecular weight excluding hydrogens is 236 g/mol. The summed E-state index contributed by atoms with van der Waals surface area (Å²) < 4.78 is 5.10. The van der Waals surface area contributed by atoms with Crippen molar-refractivity contribution in [2.45, 2.75) is 11.5 Å². The van der Waals surface area contributed by atoms with E-state index in [0.717, 1.165) is 5.75 Å². The van der Waals surface area contributed by atoms with Crippen molar-refractivity contribution < 1.29 is 14.3 Å². The number of hydrogen-bond donors (Lipinski definition) is 0. The number of aromatic carboxylic acids is 1. The molecule has 1 aromatic carbocycles. The Labute approximate surface area is 103 Å². The van der Waals surface area contributed by atoms with E-state index < -0.39 is 5.97 Å². The van der Waals surface area contributed by atoms with Crippen LogP contribution >= 0.6 is 11.8 Å². The predicted octanol–water partition coefficient (Wildman–Crippen LogP) is 2.08. The maximum absolute atomic E-state index is 10.5. The Bertz CT molecular complexity index is 490. The largest absolute Gasteiger partial charge is 0.542 e. The van der Waals surface area contributed by atoms with Crippen LogP contribution in [0, 0.1) is 0 Å². The second kappa shape index (κ2) is 5.59. The van der Waals surface area contributed by atoms with Crippen LogP contribution in [0.1, 0.15) is 21.9 Å². The molecule has 0 fully saturated rings. The van der Waals surface area contributed by atoms with Crippen LogP contribution in [0.3, 0.4) is 0 Å². The number of carboxylic acids is 1. The molecule has 17 heavy (non-hydrogen) atoms. The SMILES string of the molecule is O=C([O-])c1ccc(CSCc2ccccc2)o1. The molecule has 0 spiro atoms. The Morgan fingerprint density at radius 2 is 1.88 bits per heavy atom. The van der Waals surface area contributed by atoms with E-state index in [1.807, 2.05) is 18.2 Å². The monoisotopic (exact) mass is 247 g/mol. The molecular formula is C13H11O3S-. The van der Waals surface area contributed by atoms with Crippen LogP contribution in [0.15, 0.2) is 46.9 Å². The average molecular weight is 247 g/mol. The van der Waals surface area contributed by atoms with Gasteiger partial charge in [-0.3, -0.25) is 0 Å². The van der Waals surface area contributed by atoms with Gasteiger partial charge >= 0.3 is 0 Å². The molecule has 1 aromatic heterocycles. The Morgan fingerprint density at radius 3 is 2.53 bits per heavy atom.